The first-order chi connectivity index (χ1) is 11.6. The second-order valence-corrected chi connectivity index (χ2v) is 5.44. The molecule has 0 aliphatic heterocycles. The Kier molecular flexibility index (Phi) is 6.37. The molecule has 0 saturated carbocycles. The van der Waals surface area contributed by atoms with Crippen LogP contribution in [0.5, 0.6) is 5.75 Å². The minimum Gasteiger partial charge on any atom is -0.484 e. The van der Waals surface area contributed by atoms with Gasteiger partial charge in [-0.05, 0) is 29.7 Å². The Morgan fingerprint density at radius 1 is 1.08 bits per heavy atom. The van der Waals surface area contributed by atoms with E-state index in [0.717, 1.165) is 17.5 Å². The van der Waals surface area contributed by atoms with Crippen LogP contribution >= 0.6 is 0 Å². The Hall–Kier alpha value is -2.82. The minimum atomic E-state index is -1.07. The zero-order chi connectivity index (χ0) is 17.4. The molecule has 5 nitrogen and oxygen atoms in total. The lowest BCUT2D eigenvalue weighted by Gasteiger charge is -2.15. The lowest BCUT2D eigenvalue weighted by Crippen LogP contribution is -2.44. The number of hydrogen-bond donors (Lipinski definition) is 2. The van der Waals surface area contributed by atoms with Crippen LogP contribution in [0, 0.1) is 0 Å². The fourth-order valence-corrected chi connectivity index (χ4v) is 2.29. The van der Waals surface area contributed by atoms with Crippen LogP contribution in [0.1, 0.15) is 18.1 Å². The number of hydrogen-bond acceptors (Lipinski definition) is 3. The van der Waals surface area contributed by atoms with Crippen molar-refractivity contribution in [1.82, 2.24) is 5.32 Å². The average Bonchev–Trinajstić information content (AvgIpc) is 2.60. The molecule has 2 N–H and O–H groups in total. The van der Waals surface area contributed by atoms with Gasteiger partial charge in [-0.3, -0.25) is 4.79 Å². The van der Waals surface area contributed by atoms with Crippen molar-refractivity contribution in [2.24, 2.45) is 0 Å². The first kappa shape index (κ1) is 17.5. The van der Waals surface area contributed by atoms with E-state index in [1.807, 2.05) is 55.5 Å². The summed E-state index contributed by atoms with van der Waals surface area (Å²) in [6.45, 7) is 1.82. The summed E-state index contributed by atoms with van der Waals surface area (Å²) < 4.78 is 5.44. The molecule has 1 unspecified atom stereocenters. The quantitative estimate of drug-likeness (QED) is 0.781. The summed E-state index contributed by atoms with van der Waals surface area (Å²) in [4.78, 5) is 23.3. The summed E-state index contributed by atoms with van der Waals surface area (Å²) in [6.07, 6.45) is 1.11. The van der Waals surface area contributed by atoms with Crippen molar-refractivity contribution in [3.63, 3.8) is 0 Å². The Morgan fingerprint density at radius 2 is 1.79 bits per heavy atom. The Labute approximate surface area is 141 Å². The van der Waals surface area contributed by atoms with Crippen LogP contribution in [0.4, 0.5) is 0 Å². The van der Waals surface area contributed by atoms with Gasteiger partial charge in [0.05, 0.1) is 0 Å². The minimum absolute atomic E-state index is 0.217. The molecule has 126 valence electrons. The second kappa shape index (κ2) is 8.72. The molecule has 0 aliphatic carbocycles. The van der Waals surface area contributed by atoms with Crippen LogP contribution in [0.3, 0.4) is 0 Å². The predicted octanol–water partition coefficient (Wildman–Crippen LogP) is 2.44. The maximum absolute atomic E-state index is 12.0. The highest BCUT2D eigenvalue weighted by atomic mass is 16.5. The number of ether oxygens (including phenoxy) is 1. The largest absolute Gasteiger partial charge is 0.484 e. The molecule has 1 atom stereocenters. The van der Waals surface area contributed by atoms with Crippen LogP contribution < -0.4 is 10.1 Å². The van der Waals surface area contributed by atoms with E-state index < -0.39 is 17.9 Å². The van der Waals surface area contributed by atoms with Crippen molar-refractivity contribution in [3.05, 3.63) is 65.7 Å². The molecule has 0 heterocycles. The summed E-state index contributed by atoms with van der Waals surface area (Å²) in [5, 5.41) is 11.8. The van der Waals surface area contributed by atoms with Gasteiger partial charge < -0.3 is 15.2 Å². The molecule has 5 heteroatoms. The molecular formula is C19H21NO4. The van der Waals surface area contributed by atoms with Crippen LogP contribution in [0.25, 0.3) is 0 Å². The van der Waals surface area contributed by atoms with E-state index in [4.69, 9.17) is 4.74 Å². The van der Waals surface area contributed by atoms with Gasteiger partial charge in [0, 0.05) is 6.42 Å². The summed E-state index contributed by atoms with van der Waals surface area (Å²) in [6, 6.07) is 15.7. The number of benzene rings is 2. The number of carbonyl (C=O) groups is 2. The summed E-state index contributed by atoms with van der Waals surface area (Å²) in [5.41, 5.74) is 1.96. The van der Waals surface area contributed by atoms with E-state index >= 15 is 0 Å². The molecule has 24 heavy (non-hydrogen) atoms. The van der Waals surface area contributed by atoms with Gasteiger partial charge in [-0.15, -0.1) is 0 Å². The zero-order valence-corrected chi connectivity index (χ0v) is 13.6. The molecule has 0 radical (unpaired) electrons. The zero-order valence-electron chi connectivity index (χ0n) is 13.6. The van der Waals surface area contributed by atoms with Crippen molar-refractivity contribution >= 4 is 11.9 Å². The van der Waals surface area contributed by atoms with Gasteiger partial charge in [-0.25, -0.2) is 4.79 Å². The van der Waals surface area contributed by atoms with E-state index in [1.54, 1.807) is 6.07 Å². The van der Waals surface area contributed by atoms with E-state index in [2.05, 4.69) is 5.32 Å². The number of carboxylic acids is 1. The molecule has 0 aliphatic rings. The third-order valence-electron chi connectivity index (χ3n) is 3.59. The van der Waals surface area contributed by atoms with Gasteiger partial charge in [0.25, 0.3) is 5.91 Å². The van der Waals surface area contributed by atoms with Gasteiger partial charge in [-0.1, -0.05) is 49.4 Å². The van der Waals surface area contributed by atoms with Gasteiger partial charge >= 0.3 is 5.97 Å². The highest BCUT2D eigenvalue weighted by Gasteiger charge is 2.20. The Bertz CT molecular complexity index is 685. The van der Waals surface area contributed by atoms with Crippen LogP contribution in [-0.4, -0.2) is 29.6 Å². The molecule has 0 aromatic heterocycles. The molecule has 0 bridgehead atoms. The number of amides is 1. The monoisotopic (exact) mass is 327 g/mol. The maximum atomic E-state index is 12.0. The van der Waals surface area contributed by atoms with Crippen LogP contribution in [0.15, 0.2) is 54.6 Å². The maximum Gasteiger partial charge on any atom is 0.326 e. The average molecular weight is 327 g/mol. The number of carboxylic acid groups (broad SMARTS) is 1. The van der Waals surface area contributed by atoms with Gasteiger partial charge in [0.1, 0.15) is 11.8 Å². The molecule has 2 rings (SSSR count). The molecule has 1 amide bonds. The topological polar surface area (TPSA) is 75.6 Å². The first-order valence-corrected chi connectivity index (χ1v) is 7.86. The van der Waals surface area contributed by atoms with Gasteiger partial charge in [-0.2, -0.15) is 0 Å². The summed E-state index contributed by atoms with van der Waals surface area (Å²) >= 11 is 0. The van der Waals surface area contributed by atoms with Crippen molar-refractivity contribution in [1.29, 1.82) is 0 Å². The van der Waals surface area contributed by atoms with Crippen molar-refractivity contribution < 1.29 is 19.4 Å². The molecule has 2 aromatic carbocycles. The molecule has 0 saturated heterocycles. The van der Waals surface area contributed by atoms with E-state index in [-0.39, 0.29) is 13.0 Å². The molecular weight excluding hydrogens is 306 g/mol. The van der Waals surface area contributed by atoms with Gasteiger partial charge in [0.15, 0.2) is 6.61 Å². The predicted molar refractivity (Wildman–Crippen MR) is 91.0 cm³/mol. The molecule has 0 fully saturated rings. The summed E-state index contributed by atoms with van der Waals surface area (Å²) in [5.74, 6) is -0.931. The lowest BCUT2D eigenvalue weighted by molar-refractivity contribution is -0.142. The second-order valence-electron chi connectivity index (χ2n) is 5.44. The fourth-order valence-electron chi connectivity index (χ4n) is 2.29. The SMILES string of the molecule is CCc1cccc(OCC(=O)NC(Cc2ccccc2)C(=O)O)c1. The number of rotatable bonds is 8. The summed E-state index contributed by atoms with van der Waals surface area (Å²) in [7, 11) is 0. The fraction of sp³-hybridized carbons (Fsp3) is 0.263. The van der Waals surface area contributed by atoms with E-state index in [0.29, 0.717) is 5.75 Å². The molecule has 2 aromatic rings. The van der Waals surface area contributed by atoms with Gasteiger partial charge in [0.2, 0.25) is 0 Å². The Morgan fingerprint density at radius 3 is 2.46 bits per heavy atom. The standard InChI is InChI=1S/C19H21NO4/c1-2-14-9-6-10-16(11-14)24-13-18(21)20-17(19(22)23)12-15-7-4-3-5-8-15/h3-11,17H,2,12-13H2,1H3,(H,20,21)(H,22,23). The number of carbonyl (C=O) groups excluding carboxylic acids is 1. The van der Waals surface area contributed by atoms with E-state index in [1.165, 1.54) is 0 Å². The number of aryl methyl sites for hydroxylation is 1. The highest BCUT2D eigenvalue weighted by Crippen LogP contribution is 2.13. The Balaban J connectivity index is 1.89. The normalized spacial score (nSPS) is 11.5. The lowest BCUT2D eigenvalue weighted by atomic mass is 10.1. The highest BCUT2D eigenvalue weighted by molar-refractivity contribution is 5.84. The number of aliphatic carboxylic acids is 1. The third kappa shape index (κ3) is 5.43. The smallest absolute Gasteiger partial charge is 0.326 e. The number of nitrogens with one attached hydrogen (secondary N) is 1. The van der Waals surface area contributed by atoms with Crippen LogP contribution in [-0.2, 0) is 22.4 Å². The third-order valence-corrected chi connectivity index (χ3v) is 3.59. The van der Waals surface area contributed by atoms with E-state index in [9.17, 15) is 14.7 Å². The van der Waals surface area contributed by atoms with Crippen molar-refractivity contribution in [3.8, 4) is 5.75 Å². The first-order valence-electron chi connectivity index (χ1n) is 7.86. The molecule has 0 spiro atoms. The van der Waals surface area contributed by atoms with Crippen LogP contribution in [0.2, 0.25) is 0 Å². The van der Waals surface area contributed by atoms with Crippen molar-refractivity contribution in [2.45, 2.75) is 25.8 Å². The van der Waals surface area contributed by atoms with Crippen molar-refractivity contribution in [2.75, 3.05) is 6.61 Å².